The molecule has 7 heteroatoms. The Morgan fingerprint density at radius 1 is 0.889 bits per heavy atom. The molecule has 0 aromatic heterocycles. The maximum absolute atomic E-state index is 11.8. The van der Waals surface area contributed by atoms with Gasteiger partial charge in [0.25, 0.3) is 11.8 Å². The van der Waals surface area contributed by atoms with Gasteiger partial charge >= 0.3 is 0 Å². The fourth-order valence-corrected chi connectivity index (χ4v) is 2.41. The molecular formula is C20H24N4O3. The van der Waals surface area contributed by atoms with Crippen molar-refractivity contribution in [2.45, 2.75) is 20.3 Å². The highest BCUT2D eigenvalue weighted by Crippen LogP contribution is 2.15. The number of anilines is 1. The Balaban J connectivity index is 1.63. The van der Waals surface area contributed by atoms with Crippen LogP contribution < -0.4 is 21.5 Å². The average molecular weight is 368 g/mol. The number of hydrogen-bond acceptors (Lipinski definition) is 4. The molecule has 27 heavy (non-hydrogen) atoms. The van der Waals surface area contributed by atoms with Gasteiger partial charge in [-0.15, -0.1) is 0 Å². The molecule has 7 nitrogen and oxygen atoms in total. The Bertz CT molecular complexity index is 806. The predicted molar refractivity (Wildman–Crippen MR) is 104 cm³/mol. The van der Waals surface area contributed by atoms with E-state index in [2.05, 4.69) is 21.5 Å². The monoisotopic (exact) mass is 368 g/mol. The Hall–Kier alpha value is -3.35. The molecule has 0 bridgehead atoms. The molecule has 0 aliphatic heterocycles. The molecular weight excluding hydrogens is 344 g/mol. The zero-order valence-electron chi connectivity index (χ0n) is 15.5. The molecule has 142 valence electrons. The van der Waals surface area contributed by atoms with E-state index in [-0.39, 0.29) is 37.2 Å². The first kappa shape index (κ1) is 20.0. The van der Waals surface area contributed by atoms with E-state index in [0.717, 1.165) is 16.8 Å². The van der Waals surface area contributed by atoms with Gasteiger partial charge in [-0.3, -0.25) is 25.2 Å². The van der Waals surface area contributed by atoms with E-state index in [1.807, 2.05) is 38.1 Å². The number of aryl methyl sites for hydroxylation is 2. The zero-order chi connectivity index (χ0) is 19.6. The first-order valence-corrected chi connectivity index (χ1v) is 8.68. The van der Waals surface area contributed by atoms with Crippen molar-refractivity contribution in [3.63, 3.8) is 0 Å². The molecule has 2 aromatic carbocycles. The van der Waals surface area contributed by atoms with Gasteiger partial charge in [0, 0.05) is 24.2 Å². The summed E-state index contributed by atoms with van der Waals surface area (Å²) in [6.45, 7) is 4.17. The minimum Gasteiger partial charge on any atom is -0.376 e. The Morgan fingerprint density at radius 3 is 2.30 bits per heavy atom. The summed E-state index contributed by atoms with van der Waals surface area (Å²) in [6, 6.07) is 14.6. The SMILES string of the molecule is Cc1ccc(NCC(=O)NNC(=O)CCNC(=O)c2ccccc2)c(C)c1. The number of rotatable bonds is 7. The first-order valence-electron chi connectivity index (χ1n) is 8.68. The molecule has 2 rings (SSSR count). The molecule has 4 N–H and O–H groups in total. The number of benzene rings is 2. The summed E-state index contributed by atoms with van der Waals surface area (Å²) in [5, 5.41) is 5.67. The van der Waals surface area contributed by atoms with Crippen molar-refractivity contribution in [1.82, 2.24) is 16.2 Å². The van der Waals surface area contributed by atoms with Crippen LogP contribution in [0.2, 0.25) is 0 Å². The molecule has 0 fully saturated rings. The smallest absolute Gasteiger partial charge is 0.257 e. The molecule has 0 spiro atoms. The first-order chi connectivity index (χ1) is 13.0. The fraction of sp³-hybridized carbons (Fsp3) is 0.250. The predicted octanol–water partition coefficient (Wildman–Crippen LogP) is 1.68. The van der Waals surface area contributed by atoms with Crippen LogP contribution in [-0.4, -0.2) is 30.8 Å². The summed E-state index contributed by atoms with van der Waals surface area (Å²) in [6.07, 6.45) is 0.0589. The van der Waals surface area contributed by atoms with Crippen molar-refractivity contribution in [1.29, 1.82) is 0 Å². The minimum absolute atomic E-state index is 0.0366. The van der Waals surface area contributed by atoms with Gasteiger partial charge in [0.1, 0.15) is 0 Å². The van der Waals surface area contributed by atoms with Crippen molar-refractivity contribution in [2.75, 3.05) is 18.4 Å². The summed E-state index contributed by atoms with van der Waals surface area (Å²) in [5.41, 5.74) is 8.25. The minimum atomic E-state index is -0.386. The van der Waals surface area contributed by atoms with Gasteiger partial charge in [0.15, 0.2) is 0 Å². The van der Waals surface area contributed by atoms with Gasteiger partial charge in [0.05, 0.1) is 6.54 Å². The number of carbonyl (C=O) groups is 3. The van der Waals surface area contributed by atoms with E-state index in [9.17, 15) is 14.4 Å². The van der Waals surface area contributed by atoms with Gasteiger partial charge in [0.2, 0.25) is 5.91 Å². The van der Waals surface area contributed by atoms with Crippen molar-refractivity contribution in [3.8, 4) is 0 Å². The van der Waals surface area contributed by atoms with E-state index in [0.29, 0.717) is 5.56 Å². The summed E-state index contributed by atoms with van der Waals surface area (Å²) < 4.78 is 0. The second-order valence-electron chi connectivity index (χ2n) is 6.14. The highest BCUT2D eigenvalue weighted by atomic mass is 16.2. The summed E-state index contributed by atoms with van der Waals surface area (Å²) in [5.74, 6) is -0.995. The molecule has 0 radical (unpaired) electrons. The summed E-state index contributed by atoms with van der Waals surface area (Å²) in [7, 11) is 0. The van der Waals surface area contributed by atoms with E-state index < -0.39 is 0 Å². The molecule has 3 amide bonds. The summed E-state index contributed by atoms with van der Waals surface area (Å²) >= 11 is 0. The van der Waals surface area contributed by atoms with Crippen LogP contribution in [0.3, 0.4) is 0 Å². The van der Waals surface area contributed by atoms with Crippen molar-refractivity contribution in [3.05, 3.63) is 65.2 Å². The lowest BCUT2D eigenvalue weighted by Gasteiger charge is -2.11. The third-order valence-electron chi connectivity index (χ3n) is 3.84. The molecule has 0 saturated carbocycles. The zero-order valence-corrected chi connectivity index (χ0v) is 15.5. The molecule has 0 aliphatic rings. The number of amides is 3. The van der Waals surface area contributed by atoms with Gasteiger partial charge in [-0.05, 0) is 37.6 Å². The largest absolute Gasteiger partial charge is 0.376 e. The lowest BCUT2D eigenvalue weighted by Crippen LogP contribution is -2.45. The molecule has 0 atom stereocenters. The maximum Gasteiger partial charge on any atom is 0.257 e. The third-order valence-corrected chi connectivity index (χ3v) is 3.84. The van der Waals surface area contributed by atoms with E-state index in [4.69, 9.17) is 0 Å². The second kappa shape index (κ2) is 9.96. The van der Waals surface area contributed by atoms with Gasteiger partial charge in [-0.2, -0.15) is 0 Å². The van der Waals surface area contributed by atoms with Crippen LogP contribution in [0.1, 0.15) is 27.9 Å². The Kier molecular flexibility index (Phi) is 7.37. The molecule has 0 unspecified atom stereocenters. The number of nitrogens with one attached hydrogen (secondary N) is 4. The van der Waals surface area contributed by atoms with Crippen LogP contribution in [0.15, 0.2) is 48.5 Å². The fourth-order valence-electron chi connectivity index (χ4n) is 2.41. The number of hydrazine groups is 1. The number of carbonyl (C=O) groups excluding carboxylic acids is 3. The van der Waals surface area contributed by atoms with Crippen LogP contribution in [0.25, 0.3) is 0 Å². The van der Waals surface area contributed by atoms with Crippen molar-refractivity contribution >= 4 is 23.4 Å². The van der Waals surface area contributed by atoms with Crippen LogP contribution in [0, 0.1) is 13.8 Å². The van der Waals surface area contributed by atoms with E-state index in [1.165, 1.54) is 0 Å². The van der Waals surface area contributed by atoms with Crippen molar-refractivity contribution < 1.29 is 14.4 Å². The van der Waals surface area contributed by atoms with Crippen LogP contribution in [0.5, 0.6) is 0 Å². The van der Waals surface area contributed by atoms with E-state index in [1.54, 1.807) is 24.3 Å². The van der Waals surface area contributed by atoms with Gasteiger partial charge in [-0.1, -0.05) is 35.9 Å². The van der Waals surface area contributed by atoms with Crippen LogP contribution in [-0.2, 0) is 9.59 Å². The van der Waals surface area contributed by atoms with Crippen LogP contribution >= 0.6 is 0 Å². The maximum atomic E-state index is 11.8. The molecule has 0 aliphatic carbocycles. The average Bonchev–Trinajstić information content (AvgIpc) is 2.66. The highest BCUT2D eigenvalue weighted by molar-refractivity contribution is 5.94. The highest BCUT2D eigenvalue weighted by Gasteiger charge is 2.08. The quantitative estimate of drug-likeness (QED) is 0.559. The molecule has 0 saturated heterocycles. The molecule has 2 aromatic rings. The molecule has 0 heterocycles. The lowest BCUT2D eigenvalue weighted by molar-refractivity contribution is -0.127. The van der Waals surface area contributed by atoms with Crippen LogP contribution in [0.4, 0.5) is 5.69 Å². The van der Waals surface area contributed by atoms with E-state index >= 15 is 0 Å². The van der Waals surface area contributed by atoms with Gasteiger partial charge in [-0.25, -0.2) is 0 Å². The third kappa shape index (κ3) is 6.81. The number of hydrogen-bond donors (Lipinski definition) is 4. The Labute approximate surface area is 158 Å². The lowest BCUT2D eigenvalue weighted by atomic mass is 10.1. The standard InChI is InChI=1S/C20H24N4O3/c1-14-8-9-17(15(2)12-14)22-13-19(26)24-23-18(25)10-11-21-20(27)16-6-4-3-5-7-16/h3-9,12,22H,10-11,13H2,1-2H3,(H,21,27)(H,23,25)(H,24,26). The topological polar surface area (TPSA) is 99.3 Å². The normalized spacial score (nSPS) is 10.0. The second-order valence-corrected chi connectivity index (χ2v) is 6.14. The Morgan fingerprint density at radius 2 is 1.59 bits per heavy atom. The van der Waals surface area contributed by atoms with Gasteiger partial charge < -0.3 is 10.6 Å². The van der Waals surface area contributed by atoms with Crippen molar-refractivity contribution in [2.24, 2.45) is 0 Å². The summed E-state index contributed by atoms with van der Waals surface area (Å²) in [4.78, 5) is 35.4.